The first-order chi connectivity index (χ1) is 8.08. The topological polar surface area (TPSA) is 20.7 Å². The Kier molecular flexibility index (Phi) is 4.08. The average Bonchev–Trinajstić information content (AvgIpc) is 2.61. The standard InChI is InChI=1S/C14H24N2S/c1-10(2)13-8-15-14(17)16(13)9-12-6-4-5-11(3)7-12/h8,10-12H,4-7,9H2,1-3H3,(H,15,17). The molecule has 1 aliphatic carbocycles. The lowest BCUT2D eigenvalue weighted by Gasteiger charge is -2.27. The van der Waals surface area contributed by atoms with Crippen LogP contribution in [0, 0.1) is 16.6 Å². The number of nitrogens with zero attached hydrogens (tertiary/aromatic N) is 1. The van der Waals surface area contributed by atoms with Crippen LogP contribution in [0.15, 0.2) is 6.20 Å². The predicted molar refractivity (Wildman–Crippen MR) is 74.8 cm³/mol. The van der Waals surface area contributed by atoms with E-state index < -0.39 is 0 Å². The number of aromatic nitrogens is 2. The fourth-order valence-corrected chi connectivity index (χ4v) is 3.30. The molecule has 0 aliphatic heterocycles. The molecule has 1 aliphatic rings. The highest BCUT2D eigenvalue weighted by Crippen LogP contribution is 2.30. The van der Waals surface area contributed by atoms with Gasteiger partial charge in [-0.05, 0) is 42.8 Å². The van der Waals surface area contributed by atoms with Gasteiger partial charge in [-0.1, -0.05) is 33.6 Å². The van der Waals surface area contributed by atoms with Crippen molar-refractivity contribution in [3.05, 3.63) is 16.7 Å². The van der Waals surface area contributed by atoms with Crippen molar-refractivity contribution in [2.45, 2.75) is 58.9 Å². The highest BCUT2D eigenvalue weighted by atomic mass is 32.1. The van der Waals surface area contributed by atoms with Crippen LogP contribution in [0.5, 0.6) is 0 Å². The first-order valence-corrected chi connectivity index (χ1v) is 7.27. The molecule has 2 atom stereocenters. The van der Waals surface area contributed by atoms with E-state index in [-0.39, 0.29) is 0 Å². The molecule has 1 fully saturated rings. The molecule has 2 nitrogen and oxygen atoms in total. The van der Waals surface area contributed by atoms with Crippen LogP contribution in [0.1, 0.15) is 58.1 Å². The molecule has 1 N–H and O–H groups in total. The fraction of sp³-hybridized carbons (Fsp3) is 0.786. The van der Waals surface area contributed by atoms with E-state index in [1.54, 1.807) is 0 Å². The van der Waals surface area contributed by atoms with Gasteiger partial charge in [0.05, 0.1) is 0 Å². The zero-order chi connectivity index (χ0) is 12.4. The summed E-state index contributed by atoms with van der Waals surface area (Å²) in [6.07, 6.45) is 7.62. The number of hydrogen-bond donors (Lipinski definition) is 1. The zero-order valence-corrected chi connectivity index (χ0v) is 12.0. The molecule has 2 unspecified atom stereocenters. The third-order valence-electron chi connectivity index (χ3n) is 3.98. The van der Waals surface area contributed by atoms with E-state index in [1.807, 2.05) is 0 Å². The van der Waals surface area contributed by atoms with E-state index in [0.717, 1.165) is 23.2 Å². The van der Waals surface area contributed by atoms with E-state index >= 15 is 0 Å². The minimum Gasteiger partial charge on any atom is -0.337 e. The Hall–Kier alpha value is -0.570. The van der Waals surface area contributed by atoms with Crippen molar-refractivity contribution in [3.8, 4) is 0 Å². The Morgan fingerprint density at radius 1 is 1.47 bits per heavy atom. The quantitative estimate of drug-likeness (QED) is 0.786. The predicted octanol–water partition coefficient (Wildman–Crippen LogP) is 4.50. The summed E-state index contributed by atoms with van der Waals surface area (Å²) in [4.78, 5) is 3.20. The second-order valence-electron chi connectivity index (χ2n) is 5.92. The summed E-state index contributed by atoms with van der Waals surface area (Å²) in [5, 5.41) is 0. The molecule has 1 heterocycles. The van der Waals surface area contributed by atoms with Crippen LogP contribution in [0.3, 0.4) is 0 Å². The zero-order valence-electron chi connectivity index (χ0n) is 11.2. The molecule has 0 bridgehead atoms. The van der Waals surface area contributed by atoms with Crippen LogP contribution in [-0.2, 0) is 6.54 Å². The van der Waals surface area contributed by atoms with Gasteiger partial charge in [0.25, 0.3) is 0 Å². The van der Waals surface area contributed by atoms with Crippen molar-refractivity contribution in [3.63, 3.8) is 0 Å². The van der Waals surface area contributed by atoms with E-state index in [9.17, 15) is 0 Å². The molecule has 96 valence electrons. The Morgan fingerprint density at radius 3 is 2.88 bits per heavy atom. The van der Waals surface area contributed by atoms with Gasteiger partial charge in [0.1, 0.15) is 0 Å². The number of aromatic amines is 1. The lowest BCUT2D eigenvalue weighted by molar-refractivity contribution is 0.254. The second-order valence-corrected chi connectivity index (χ2v) is 6.31. The fourth-order valence-electron chi connectivity index (χ4n) is 3.06. The van der Waals surface area contributed by atoms with Crippen LogP contribution >= 0.6 is 12.2 Å². The van der Waals surface area contributed by atoms with Crippen molar-refractivity contribution in [1.82, 2.24) is 9.55 Å². The van der Waals surface area contributed by atoms with Gasteiger partial charge in [-0.25, -0.2) is 0 Å². The van der Waals surface area contributed by atoms with Crippen LogP contribution in [0.2, 0.25) is 0 Å². The van der Waals surface area contributed by atoms with E-state index in [0.29, 0.717) is 5.92 Å². The Bertz CT molecular complexity index is 416. The Morgan fingerprint density at radius 2 is 2.24 bits per heavy atom. The number of imidazole rings is 1. The van der Waals surface area contributed by atoms with E-state index in [4.69, 9.17) is 12.2 Å². The highest BCUT2D eigenvalue weighted by molar-refractivity contribution is 7.71. The first kappa shape index (κ1) is 12.9. The minimum absolute atomic E-state index is 0.545. The lowest BCUT2D eigenvalue weighted by atomic mass is 9.82. The molecule has 2 rings (SSSR count). The molecule has 1 aromatic heterocycles. The number of rotatable bonds is 3. The summed E-state index contributed by atoms with van der Waals surface area (Å²) in [5.74, 6) is 2.26. The van der Waals surface area contributed by atoms with E-state index in [1.165, 1.54) is 31.4 Å². The van der Waals surface area contributed by atoms with Gasteiger partial charge in [-0.15, -0.1) is 0 Å². The average molecular weight is 252 g/mol. The summed E-state index contributed by atoms with van der Waals surface area (Å²) in [6, 6.07) is 0. The number of nitrogens with one attached hydrogen (secondary N) is 1. The van der Waals surface area contributed by atoms with Crippen molar-refractivity contribution in [2.75, 3.05) is 0 Å². The van der Waals surface area contributed by atoms with Gasteiger partial charge in [0.15, 0.2) is 4.77 Å². The van der Waals surface area contributed by atoms with Gasteiger partial charge < -0.3 is 9.55 Å². The minimum atomic E-state index is 0.545. The van der Waals surface area contributed by atoms with Gasteiger partial charge >= 0.3 is 0 Å². The van der Waals surface area contributed by atoms with Gasteiger partial charge in [0, 0.05) is 18.4 Å². The largest absolute Gasteiger partial charge is 0.337 e. The van der Waals surface area contributed by atoms with Crippen LogP contribution in [0.25, 0.3) is 0 Å². The Balaban J connectivity index is 2.12. The van der Waals surface area contributed by atoms with Crippen molar-refractivity contribution in [1.29, 1.82) is 0 Å². The van der Waals surface area contributed by atoms with Crippen LogP contribution < -0.4 is 0 Å². The summed E-state index contributed by atoms with van der Waals surface area (Å²) >= 11 is 5.40. The molecule has 3 heteroatoms. The molecular weight excluding hydrogens is 228 g/mol. The molecule has 0 saturated heterocycles. The van der Waals surface area contributed by atoms with Gasteiger partial charge in [-0.3, -0.25) is 0 Å². The summed E-state index contributed by atoms with van der Waals surface area (Å²) < 4.78 is 3.22. The first-order valence-electron chi connectivity index (χ1n) is 6.86. The van der Waals surface area contributed by atoms with E-state index in [2.05, 4.69) is 36.5 Å². The summed E-state index contributed by atoms with van der Waals surface area (Å²) in [6.45, 7) is 7.96. The summed E-state index contributed by atoms with van der Waals surface area (Å²) in [7, 11) is 0. The number of hydrogen-bond acceptors (Lipinski definition) is 1. The normalized spacial score (nSPS) is 25.4. The maximum atomic E-state index is 5.40. The highest BCUT2D eigenvalue weighted by Gasteiger charge is 2.20. The molecule has 0 amide bonds. The van der Waals surface area contributed by atoms with Gasteiger partial charge in [-0.2, -0.15) is 0 Å². The van der Waals surface area contributed by atoms with Crippen LogP contribution in [-0.4, -0.2) is 9.55 Å². The van der Waals surface area contributed by atoms with Crippen molar-refractivity contribution >= 4 is 12.2 Å². The Labute approximate surface area is 109 Å². The monoisotopic (exact) mass is 252 g/mol. The number of H-pyrrole nitrogens is 1. The molecular formula is C14H24N2S. The molecule has 1 saturated carbocycles. The maximum absolute atomic E-state index is 5.40. The summed E-state index contributed by atoms with van der Waals surface area (Å²) in [5.41, 5.74) is 1.35. The lowest BCUT2D eigenvalue weighted by Crippen LogP contribution is -2.20. The van der Waals surface area contributed by atoms with Crippen molar-refractivity contribution < 1.29 is 0 Å². The van der Waals surface area contributed by atoms with Crippen LogP contribution in [0.4, 0.5) is 0 Å². The molecule has 0 radical (unpaired) electrons. The smallest absolute Gasteiger partial charge is 0.177 e. The second kappa shape index (κ2) is 5.38. The SMILES string of the molecule is CC1CCCC(Cn2c(C(C)C)c[nH]c2=S)C1. The molecule has 1 aromatic rings. The van der Waals surface area contributed by atoms with Crippen molar-refractivity contribution in [2.24, 2.45) is 11.8 Å². The third-order valence-corrected chi connectivity index (χ3v) is 4.32. The molecule has 0 aromatic carbocycles. The molecule has 17 heavy (non-hydrogen) atoms. The third kappa shape index (κ3) is 3.01. The maximum Gasteiger partial charge on any atom is 0.177 e. The molecule has 0 spiro atoms. The van der Waals surface area contributed by atoms with Gasteiger partial charge in [0.2, 0.25) is 0 Å².